The minimum atomic E-state index is -5.39. The van der Waals surface area contributed by atoms with Gasteiger partial charge in [0.1, 0.15) is 11.7 Å². The number of hydrogen-bond donors (Lipinski definition) is 1. The highest BCUT2D eigenvalue weighted by atomic mass is 19.4. The lowest BCUT2D eigenvalue weighted by Gasteiger charge is -2.22. The number of rotatable bonds is 5. The van der Waals surface area contributed by atoms with Crippen molar-refractivity contribution >= 4 is 44.9 Å². The van der Waals surface area contributed by atoms with E-state index in [2.05, 4.69) is 10.3 Å². The Morgan fingerprint density at radius 3 is 1.39 bits per heavy atom. The SMILES string of the molecule is FC(F)(F)C1=CCC(=c2ccc(-n3c4ccc(-c5ccc(C(F)(F)F)cc5C(F)(F)F)cc4c4cc(-c5ccc(C(F)(F)F)cc5C(F)(F)F)ccc43)cc2=C2N=C(c3ccccc3)N=C(c3ccccc3)N2)C(C(F)(F)F)=C1. The summed E-state index contributed by atoms with van der Waals surface area (Å²) in [7, 11) is 0. The zero-order valence-electron chi connectivity index (χ0n) is 39.4. The number of alkyl halides is 18. The fourth-order valence-electron chi connectivity index (χ4n) is 9.49. The zero-order valence-corrected chi connectivity index (χ0v) is 39.4. The first kappa shape index (κ1) is 53.8. The number of fused-ring (bicyclic) bond motifs is 3. The molecule has 0 bridgehead atoms. The highest BCUT2D eigenvalue weighted by Crippen LogP contribution is 2.46. The van der Waals surface area contributed by atoms with E-state index < -0.39 is 93.6 Å². The van der Waals surface area contributed by atoms with Crippen LogP contribution in [0.2, 0.25) is 0 Å². The fraction of sp³-hybridized carbons (Fsp3) is 0.123. The molecular weight excluding hydrogens is 1080 g/mol. The molecule has 0 saturated heterocycles. The first-order chi connectivity index (χ1) is 36.9. The van der Waals surface area contributed by atoms with Crippen molar-refractivity contribution < 1.29 is 79.0 Å². The van der Waals surface area contributed by atoms with Gasteiger partial charge < -0.3 is 9.88 Å². The quantitative estimate of drug-likeness (QED) is 0.172. The van der Waals surface area contributed by atoms with Gasteiger partial charge in [0.2, 0.25) is 0 Å². The number of nitrogens with zero attached hydrogens (tertiary/aromatic N) is 3. The lowest BCUT2D eigenvalue weighted by molar-refractivity contribution is -0.144. The van der Waals surface area contributed by atoms with Gasteiger partial charge in [0.05, 0.1) is 44.4 Å². The van der Waals surface area contributed by atoms with Crippen molar-refractivity contribution in [2.45, 2.75) is 43.5 Å². The molecule has 4 nitrogen and oxygen atoms in total. The second kappa shape index (κ2) is 19.1. The van der Waals surface area contributed by atoms with Crippen LogP contribution in [0.5, 0.6) is 0 Å². The van der Waals surface area contributed by atoms with Crippen molar-refractivity contribution in [3.05, 3.63) is 219 Å². The summed E-state index contributed by atoms with van der Waals surface area (Å²) >= 11 is 0. The highest BCUT2D eigenvalue weighted by molar-refractivity contribution is 6.16. The number of aromatic nitrogens is 1. The minimum Gasteiger partial charge on any atom is -0.324 e. The molecule has 0 radical (unpaired) electrons. The van der Waals surface area contributed by atoms with Crippen molar-refractivity contribution in [3.63, 3.8) is 0 Å². The molecule has 7 aromatic carbocycles. The molecule has 8 aromatic rings. The average molecular weight is 1110 g/mol. The molecule has 404 valence electrons. The third-order valence-electron chi connectivity index (χ3n) is 13.1. The van der Waals surface area contributed by atoms with Crippen LogP contribution in [0.1, 0.15) is 39.8 Å². The smallest absolute Gasteiger partial charge is 0.324 e. The number of aliphatic imine (C=N–C) groups is 2. The molecular formula is C57H30F18N4. The van der Waals surface area contributed by atoms with Crippen LogP contribution in [0.3, 0.4) is 0 Å². The maximum atomic E-state index is 15.1. The molecule has 1 aromatic heterocycles. The Hall–Kier alpha value is -8.56. The summed E-state index contributed by atoms with van der Waals surface area (Å²) in [6.07, 6.45) is -32.2. The van der Waals surface area contributed by atoms with Gasteiger partial charge >= 0.3 is 37.1 Å². The number of allylic oxidation sites excluding steroid dienone is 4. The highest BCUT2D eigenvalue weighted by Gasteiger charge is 2.43. The van der Waals surface area contributed by atoms with E-state index in [1.807, 2.05) is 0 Å². The van der Waals surface area contributed by atoms with Crippen LogP contribution < -0.4 is 15.8 Å². The van der Waals surface area contributed by atoms with Gasteiger partial charge in [0, 0.05) is 32.8 Å². The summed E-state index contributed by atoms with van der Waals surface area (Å²) in [5.41, 5.74) is -12.0. The number of halogens is 18. The van der Waals surface area contributed by atoms with E-state index >= 15 is 13.2 Å². The Labute approximate surface area is 433 Å². The normalized spacial score (nSPS) is 16.4. The van der Waals surface area contributed by atoms with E-state index in [4.69, 9.17) is 4.99 Å². The second-order valence-electron chi connectivity index (χ2n) is 18.0. The van der Waals surface area contributed by atoms with E-state index in [1.54, 1.807) is 60.7 Å². The number of amidine groups is 2. The van der Waals surface area contributed by atoms with Crippen molar-refractivity contribution in [3.8, 4) is 27.9 Å². The molecule has 1 aliphatic carbocycles. The Kier molecular flexibility index (Phi) is 13.0. The van der Waals surface area contributed by atoms with Crippen LogP contribution >= 0.6 is 0 Å². The molecule has 0 saturated carbocycles. The summed E-state index contributed by atoms with van der Waals surface area (Å²) < 4.78 is 259. The molecule has 0 amide bonds. The molecule has 0 unspecified atom stereocenters. The molecule has 10 rings (SSSR count). The Bertz CT molecular complexity index is 3880. The van der Waals surface area contributed by atoms with Crippen molar-refractivity contribution in [1.29, 1.82) is 0 Å². The maximum absolute atomic E-state index is 15.1. The Morgan fingerprint density at radius 1 is 0.418 bits per heavy atom. The molecule has 0 atom stereocenters. The molecule has 79 heavy (non-hydrogen) atoms. The topological polar surface area (TPSA) is 41.7 Å². The van der Waals surface area contributed by atoms with E-state index in [0.717, 1.165) is 30.3 Å². The summed E-state index contributed by atoms with van der Waals surface area (Å²) in [6, 6.07) is 28.8. The monoisotopic (exact) mass is 1110 g/mol. The molecule has 22 heteroatoms. The van der Waals surface area contributed by atoms with Crippen LogP contribution in [0.4, 0.5) is 79.0 Å². The van der Waals surface area contributed by atoms with Gasteiger partial charge in [-0.1, -0.05) is 97.1 Å². The van der Waals surface area contributed by atoms with Crippen LogP contribution in [0, 0.1) is 0 Å². The van der Waals surface area contributed by atoms with E-state index in [9.17, 15) is 65.9 Å². The number of benzene rings is 7. The van der Waals surface area contributed by atoms with E-state index in [-0.39, 0.29) is 84.8 Å². The Balaban J connectivity index is 1.31. The van der Waals surface area contributed by atoms with Gasteiger partial charge in [-0.25, -0.2) is 9.98 Å². The Morgan fingerprint density at radius 2 is 0.924 bits per heavy atom. The van der Waals surface area contributed by atoms with Gasteiger partial charge in [-0.2, -0.15) is 79.0 Å². The molecule has 1 aliphatic heterocycles. The first-order valence-corrected chi connectivity index (χ1v) is 23.1. The lowest BCUT2D eigenvalue weighted by Crippen LogP contribution is -2.39. The van der Waals surface area contributed by atoms with E-state index in [0.29, 0.717) is 41.5 Å². The van der Waals surface area contributed by atoms with Gasteiger partial charge in [-0.15, -0.1) is 0 Å². The molecule has 1 N–H and O–H groups in total. The van der Waals surface area contributed by atoms with Crippen LogP contribution in [-0.2, 0) is 24.7 Å². The van der Waals surface area contributed by atoms with Crippen molar-refractivity contribution in [2.75, 3.05) is 0 Å². The predicted octanol–water partition coefficient (Wildman–Crippen LogP) is 16.3. The molecule has 2 heterocycles. The zero-order chi connectivity index (χ0) is 56.8. The second-order valence-corrected chi connectivity index (χ2v) is 18.0. The first-order valence-electron chi connectivity index (χ1n) is 23.1. The van der Waals surface area contributed by atoms with Gasteiger partial charge in [-0.3, -0.25) is 0 Å². The average Bonchev–Trinajstić information content (AvgIpc) is 4.03. The molecule has 0 spiro atoms. The van der Waals surface area contributed by atoms with Gasteiger partial charge in [0.15, 0.2) is 5.84 Å². The number of nitrogens with one attached hydrogen (secondary N) is 1. The van der Waals surface area contributed by atoms with Crippen LogP contribution in [0.25, 0.3) is 61.1 Å². The largest absolute Gasteiger partial charge is 0.417 e. The van der Waals surface area contributed by atoms with Gasteiger partial charge in [-0.05, 0) is 106 Å². The van der Waals surface area contributed by atoms with Crippen LogP contribution in [0.15, 0.2) is 185 Å². The van der Waals surface area contributed by atoms with E-state index in [1.165, 1.54) is 28.8 Å². The minimum absolute atomic E-state index is 0.00900. The van der Waals surface area contributed by atoms with Crippen molar-refractivity contribution in [2.24, 2.45) is 9.98 Å². The standard InChI is InChI=1S/C57H30F18N4/c58-52(59,60)33-13-17-37(44(25-33)55(67,68)69)31-11-21-47-41(23-31)42-24-32(38-18-14-34(53(61,62)63)26-45(38)56(70,71)72)12-22-48(42)79(47)36-16-20-39(40-19-15-35(54(64,65)66)27-46(40)57(73,74)75)43(28-36)51-77-49(29-7-3-1-4-8-29)76-50(78-51)30-9-5-2-6-10-30/h1-18,20-28H,19H2,(H,76,77,78). The van der Waals surface area contributed by atoms with Crippen molar-refractivity contribution in [1.82, 2.24) is 9.88 Å². The third kappa shape index (κ3) is 10.5. The summed E-state index contributed by atoms with van der Waals surface area (Å²) in [6.45, 7) is 0. The molecule has 2 aliphatic rings. The number of hydrogen-bond acceptors (Lipinski definition) is 3. The summed E-state index contributed by atoms with van der Waals surface area (Å²) in [5, 5.41) is 2.38. The molecule has 0 fully saturated rings. The maximum Gasteiger partial charge on any atom is 0.417 e. The lowest BCUT2D eigenvalue weighted by atomic mass is 9.90. The van der Waals surface area contributed by atoms with Crippen LogP contribution in [-0.4, -0.2) is 28.6 Å². The fourth-order valence-corrected chi connectivity index (χ4v) is 9.49. The summed E-state index contributed by atoms with van der Waals surface area (Å²) in [4.78, 5) is 9.40. The predicted molar refractivity (Wildman–Crippen MR) is 260 cm³/mol. The third-order valence-corrected chi connectivity index (χ3v) is 13.1. The van der Waals surface area contributed by atoms with Gasteiger partial charge in [0.25, 0.3) is 0 Å². The summed E-state index contributed by atoms with van der Waals surface area (Å²) in [5.74, 6) is -0.0670.